The summed E-state index contributed by atoms with van der Waals surface area (Å²) in [5.41, 5.74) is 6.54. The summed E-state index contributed by atoms with van der Waals surface area (Å²) >= 11 is 0. The maximum absolute atomic E-state index is 6.27. The third-order valence-corrected chi connectivity index (χ3v) is 6.05. The Balaban J connectivity index is 2.09. The lowest BCUT2D eigenvalue weighted by Gasteiger charge is -2.50. The SMILES string of the molecule is CCC1CCCC(CN)(N2CCCC(C)(OC)C2)CC1. The van der Waals surface area contributed by atoms with E-state index in [0.29, 0.717) is 0 Å². The highest BCUT2D eigenvalue weighted by molar-refractivity contribution is 4.99. The van der Waals surface area contributed by atoms with Crippen molar-refractivity contribution in [3.8, 4) is 0 Å². The van der Waals surface area contributed by atoms with Crippen LogP contribution in [0, 0.1) is 5.92 Å². The van der Waals surface area contributed by atoms with Gasteiger partial charge in [-0.15, -0.1) is 0 Å². The highest BCUT2D eigenvalue weighted by atomic mass is 16.5. The van der Waals surface area contributed by atoms with Crippen molar-refractivity contribution < 1.29 is 4.74 Å². The summed E-state index contributed by atoms with van der Waals surface area (Å²) in [6, 6.07) is 0. The van der Waals surface area contributed by atoms with E-state index in [1.54, 1.807) is 0 Å². The second-order valence-corrected chi connectivity index (χ2v) is 7.31. The van der Waals surface area contributed by atoms with Crippen LogP contribution in [0.25, 0.3) is 0 Å². The third-order valence-electron chi connectivity index (χ3n) is 6.05. The van der Waals surface area contributed by atoms with E-state index < -0.39 is 0 Å². The van der Waals surface area contributed by atoms with Crippen LogP contribution in [0.1, 0.15) is 65.2 Å². The van der Waals surface area contributed by atoms with E-state index in [2.05, 4.69) is 18.7 Å². The van der Waals surface area contributed by atoms with Gasteiger partial charge in [0.1, 0.15) is 0 Å². The molecule has 1 aliphatic carbocycles. The average molecular weight is 282 g/mol. The van der Waals surface area contributed by atoms with Gasteiger partial charge in [0.25, 0.3) is 0 Å². The van der Waals surface area contributed by atoms with Crippen LogP contribution < -0.4 is 5.73 Å². The van der Waals surface area contributed by atoms with Gasteiger partial charge in [0.15, 0.2) is 0 Å². The van der Waals surface area contributed by atoms with E-state index in [1.807, 2.05) is 7.11 Å². The highest BCUT2D eigenvalue weighted by Gasteiger charge is 2.42. The van der Waals surface area contributed by atoms with E-state index in [1.165, 1.54) is 57.9 Å². The molecule has 0 aromatic rings. The fraction of sp³-hybridized carbons (Fsp3) is 1.00. The van der Waals surface area contributed by atoms with E-state index in [0.717, 1.165) is 19.0 Å². The Bertz CT molecular complexity index is 309. The molecule has 1 heterocycles. The highest BCUT2D eigenvalue weighted by Crippen LogP contribution is 2.38. The fourth-order valence-electron chi connectivity index (χ4n) is 4.30. The summed E-state index contributed by atoms with van der Waals surface area (Å²) in [5, 5.41) is 0. The van der Waals surface area contributed by atoms with Crippen molar-refractivity contribution in [3.63, 3.8) is 0 Å². The average Bonchev–Trinajstić information content (AvgIpc) is 2.70. The molecule has 3 heteroatoms. The molecule has 2 fully saturated rings. The monoisotopic (exact) mass is 282 g/mol. The normalized spacial score (nSPS) is 40.5. The lowest BCUT2D eigenvalue weighted by Crippen LogP contribution is -2.60. The first kappa shape index (κ1) is 16.3. The van der Waals surface area contributed by atoms with Gasteiger partial charge in [-0.05, 0) is 51.5 Å². The molecule has 0 spiro atoms. The van der Waals surface area contributed by atoms with Crippen molar-refractivity contribution in [2.45, 2.75) is 76.4 Å². The standard InChI is InChI=1S/C17H34N2O/c1-4-15-7-5-10-17(13-18,11-8-15)19-12-6-9-16(2,14-19)20-3/h15H,4-14,18H2,1-3H3. The molecule has 1 saturated carbocycles. The number of likely N-dealkylation sites (tertiary alicyclic amines) is 1. The smallest absolute Gasteiger partial charge is 0.0777 e. The molecule has 0 aromatic carbocycles. The van der Waals surface area contributed by atoms with Gasteiger partial charge < -0.3 is 10.5 Å². The summed E-state index contributed by atoms with van der Waals surface area (Å²) in [6.45, 7) is 7.66. The number of piperidine rings is 1. The fourth-order valence-corrected chi connectivity index (χ4v) is 4.30. The second-order valence-electron chi connectivity index (χ2n) is 7.31. The Labute approximate surface area is 125 Å². The van der Waals surface area contributed by atoms with Crippen LogP contribution in [0.15, 0.2) is 0 Å². The van der Waals surface area contributed by atoms with Crippen LogP contribution in [-0.2, 0) is 4.74 Å². The van der Waals surface area contributed by atoms with Gasteiger partial charge in [-0.1, -0.05) is 26.2 Å². The van der Waals surface area contributed by atoms with Gasteiger partial charge in [0.05, 0.1) is 5.60 Å². The summed E-state index contributed by atoms with van der Waals surface area (Å²) in [4.78, 5) is 2.68. The Morgan fingerprint density at radius 3 is 2.65 bits per heavy atom. The van der Waals surface area contributed by atoms with Crippen LogP contribution in [0.2, 0.25) is 0 Å². The van der Waals surface area contributed by atoms with Gasteiger partial charge in [-0.25, -0.2) is 0 Å². The molecule has 20 heavy (non-hydrogen) atoms. The molecule has 2 rings (SSSR count). The van der Waals surface area contributed by atoms with Crippen LogP contribution in [0.3, 0.4) is 0 Å². The van der Waals surface area contributed by atoms with Crippen molar-refractivity contribution in [1.82, 2.24) is 4.90 Å². The largest absolute Gasteiger partial charge is 0.377 e. The molecule has 3 atom stereocenters. The van der Waals surface area contributed by atoms with E-state index >= 15 is 0 Å². The number of nitrogens with two attached hydrogens (primary N) is 1. The topological polar surface area (TPSA) is 38.5 Å². The summed E-state index contributed by atoms with van der Waals surface area (Å²) in [6.07, 6.45) is 10.4. The molecule has 0 aromatic heterocycles. The Kier molecular flexibility index (Phi) is 5.49. The number of hydrogen-bond acceptors (Lipinski definition) is 3. The molecule has 2 N–H and O–H groups in total. The quantitative estimate of drug-likeness (QED) is 0.805. The molecule has 0 bridgehead atoms. The summed E-state index contributed by atoms with van der Waals surface area (Å²) in [7, 11) is 1.86. The predicted molar refractivity (Wildman–Crippen MR) is 84.9 cm³/mol. The van der Waals surface area contributed by atoms with E-state index in [-0.39, 0.29) is 11.1 Å². The molecule has 1 aliphatic heterocycles. The number of nitrogens with zero attached hydrogens (tertiary/aromatic N) is 1. The number of methoxy groups -OCH3 is 1. The van der Waals surface area contributed by atoms with Gasteiger partial charge in [-0.3, -0.25) is 4.90 Å². The summed E-state index contributed by atoms with van der Waals surface area (Å²) in [5.74, 6) is 0.919. The zero-order chi connectivity index (χ0) is 14.6. The minimum atomic E-state index is 0.0247. The molecule has 1 saturated heterocycles. The van der Waals surface area contributed by atoms with Crippen molar-refractivity contribution in [1.29, 1.82) is 0 Å². The lowest BCUT2D eigenvalue weighted by molar-refractivity contribution is -0.0832. The van der Waals surface area contributed by atoms with Crippen molar-refractivity contribution >= 4 is 0 Å². The van der Waals surface area contributed by atoms with E-state index in [4.69, 9.17) is 10.5 Å². The molecule has 2 aliphatic rings. The first-order valence-electron chi connectivity index (χ1n) is 8.58. The minimum Gasteiger partial charge on any atom is -0.377 e. The first-order valence-corrected chi connectivity index (χ1v) is 8.58. The van der Waals surface area contributed by atoms with Crippen LogP contribution in [-0.4, -0.2) is 42.8 Å². The van der Waals surface area contributed by atoms with Gasteiger partial charge in [0, 0.05) is 25.7 Å². The van der Waals surface area contributed by atoms with Gasteiger partial charge in [-0.2, -0.15) is 0 Å². The maximum atomic E-state index is 6.27. The number of ether oxygens (including phenoxy) is 1. The minimum absolute atomic E-state index is 0.0247. The van der Waals surface area contributed by atoms with Crippen LogP contribution in [0.5, 0.6) is 0 Å². The molecule has 0 amide bonds. The zero-order valence-electron chi connectivity index (χ0n) is 13.8. The number of hydrogen-bond donors (Lipinski definition) is 1. The van der Waals surface area contributed by atoms with Crippen LogP contribution in [0.4, 0.5) is 0 Å². The molecular weight excluding hydrogens is 248 g/mol. The van der Waals surface area contributed by atoms with Crippen LogP contribution >= 0.6 is 0 Å². The molecule has 118 valence electrons. The Hall–Kier alpha value is -0.120. The van der Waals surface area contributed by atoms with Crippen molar-refractivity contribution in [2.75, 3.05) is 26.7 Å². The summed E-state index contributed by atoms with van der Waals surface area (Å²) < 4.78 is 5.78. The molecule has 3 unspecified atom stereocenters. The number of rotatable bonds is 4. The lowest BCUT2D eigenvalue weighted by atomic mass is 9.83. The molecular formula is C17H34N2O. The van der Waals surface area contributed by atoms with E-state index in [9.17, 15) is 0 Å². The first-order chi connectivity index (χ1) is 9.57. The van der Waals surface area contributed by atoms with Gasteiger partial charge in [0.2, 0.25) is 0 Å². The third kappa shape index (κ3) is 3.37. The molecule has 0 radical (unpaired) electrons. The Morgan fingerprint density at radius 2 is 2.00 bits per heavy atom. The zero-order valence-corrected chi connectivity index (χ0v) is 13.8. The van der Waals surface area contributed by atoms with Crippen molar-refractivity contribution in [3.05, 3.63) is 0 Å². The second kappa shape index (κ2) is 6.76. The van der Waals surface area contributed by atoms with Crippen molar-refractivity contribution in [2.24, 2.45) is 11.7 Å². The Morgan fingerprint density at radius 1 is 1.20 bits per heavy atom. The maximum Gasteiger partial charge on any atom is 0.0777 e. The van der Waals surface area contributed by atoms with Gasteiger partial charge >= 0.3 is 0 Å². The predicted octanol–water partition coefficient (Wildman–Crippen LogP) is 3.18. The molecule has 3 nitrogen and oxygen atoms in total.